The normalized spacial score (nSPS) is 27.0. The van der Waals surface area contributed by atoms with Crippen molar-refractivity contribution in [2.45, 2.75) is 51.0 Å². The van der Waals surface area contributed by atoms with Gasteiger partial charge in [-0.1, -0.05) is 31.0 Å². The summed E-state index contributed by atoms with van der Waals surface area (Å²) in [5.74, 6) is 1.01. The number of nitrogens with zero attached hydrogens (tertiary/aromatic N) is 1. The Morgan fingerprint density at radius 3 is 2.70 bits per heavy atom. The molecular weight excluding hydrogens is 244 g/mol. The van der Waals surface area contributed by atoms with Gasteiger partial charge < -0.3 is 10.2 Å². The van der Waals surface area contributed by atoms with Gasteiger partial charge in [-0.05, 0) is 56.7 Å². The first-order valence-electron chi connectivity index (χ1n) is 8.46. The molecule has 2 aliphatic rings. The molecule has 1 saturated carbocycles. The van der Waals surface area contributed by atoms with Crippen molar-refractivity contribution in [2.75, 3.05) is 25.0 Å². The van der Waals surface area contributed by atoms with Gasteiger partial charge in [0.1, 0.15) is 0 Å². The molecule has 2 heteroatoms. The Bertz CT molecular complexity index is 388. The maximum absolute atomic E-state index is 3.53. The first-order valence-corrected chi connectivity index (χ1v) is 8.46. The Morgan fingerprint density at radius 1 is 1.00 bits per heavy atom. The molecule has 0 radical (unpaired) electrons. The van der Waals surface area contributed by atoms with Crippen molar-refractivity contribution in [1.82, 2.24) is 4.90 Å². The van der Waals surface area contributed by atoms with E-state index in [4.69, 9.17) is 0 Å². The molecule has 0 amide bonds. The molecule has 1 heterocycles. The van der Waals surface area contributed by atoms with E-state index in [1.165, 1.54) is 63.7 Å². The fourth-order valence-electron chi connectivity index (χ4n) is 4.08. The Kier molecular flexibility index (Phi) is 4.96. The molecule has 3 rings (SSSR count). The van der Waals surface area contributed by atoms with Crippen molar-refractivity contribution < 1.29 is 0 Å². The van der Waals surface area contributed by atoms with Gasteiger partial charge in [0.15, 0.2) is 0 Å². The number of para-hydroxylation sites is 1. The molecule has 0 spiro atoms. The topological polar surface area (TPSA) is 15.3 Å². The van der Waals surface area contributed by atoms with Crippen molar-refractivity contribution in [3.05, 3.63) is 30.3 Å². The van der Waals surface area contributed by atoms with E-state index < -0.39 is 0 Å². The number of rotatable bonds is 5. The molecule has 1 aliphatic carbocycles. The van der Waals surface area contributed by atoms with Crippen LogP contribution in [-0.4, -0.2) is 30.6 Å². The van der Waals surface area contributed by atoms with Crippen LogP contribution in [0.4, 0.5) is 5.69 Å². The average molecular weight is 272 g/mol. The van der Waals surface area contributed by atoms with Gasteiger partial charge in [0.2, 0.25) is 0 Å². The van der Waals surface area contributed by atoms with Crippen molar-refractivity contribution in [3.63, 3.8) is 0 Å². The average Bonchev–Trinajstić information content (AvgIpc) is 2.53. The Labute approximate surface area is 123 Å². The third-order valence-electron chi connectivity index (χ3n) is 5.08. The molecule has 2 fully saturated rings. The Hall–Kier alpha value is -1.02. The number of nitrogens with one attached hydrogen (secondary N) is 1. The van der Waals surface area contributed by atoms with Gasteiger partial charge in [-0.2, -0.15) is 0 Å². The summed E-state index contributed by atoms with van der Waals surface area (Å²) < 4.78 is 0. The number of benzene rings is 1. The summed E-state index contributed by atoms with van der Waals surface area (Å²) in [5, 5.41) is 3.53. The summed E-state index contributed by atoms with van der Waals surface area (Å²) in [6.07, 6.45) is 10.1. The smallest absolute Gasteiger partial charge is 0.0340 e. The Morgan fingerprint density at radius 2 is 1.80 bits per heavy atom. The lowest BCUT2D eigenvalue weighted by Gasteiger charge is -2.44. The monoisotopic (exact) mass is 272 g/mol. The van der Waals surface area contributed by atoms with Crippen LogP contribution in [0.15, 0.2) is 30.3 Å². The molecule has 1 N–H and O–H groups in total. The minimum Gasteiger partial charge on any atom is -0.385 e. The predicted molar refractivity (Wildman–Crippen MR) is 86.1 cm³/mol. The molecule has 20 heavy (non-hydrogen) atoms. The summed E-state index contributed by atoms with van der Waals surface area (Å²) in [5.41, 5.74) is 1.25. The van der Waals surface area contributed by atoms with Crippen LogP contribution in [0.5, 0.6) is 0 Å². The zero-order valence-electron chi connectivity index (χ0n) is 12.6. The van der Waals surface area contributed by atoms with Gasteiger partial charge in [-0.15, -0.1) is 0 Å². The second-order valence-electron chi connectivity index (χ2n) is 6.44. The SMILES string of the molecule is c1ccc(NCCCN2CCCC3CCCCC32)cc1. The molecule has 1 aromatic rings. The first kappa shape index (κ1) is 13.9. The number of piperidine rings is 1. The lowest BCUT2D eigenvalue weighted by Crippen LogP contribution is -2.47. The molecule has 2 unspecified atom stereocenters. The van der Waals surface area contributed by atoms with Crippen molar-refractivity contribution in [1.29, 1.82) is 0 Å². The van der Waals surface area contributed by atoms with E-state index in [2.05, 4.69) is 40.5 Å². The maximum Gasteiger partial charge on any atom is 0.0340 e. The fourth-order valence-corrected chi connectivity index (χ4v) is 4.08. The highest BCUT2D eigenvalue weighted by molar-refractivity contribution is 5.42. The minimum absolute atomic E-state index is 0.911. The van der Waals surface area contributed by atoms with E-state index in [-0.39, 0.29) is 0 Å². The Balaban J connectivity index is 1.41. The van der Waals surface area contributed by atoms with Gasteiger partial charge in [0.05, 0.1) is 0 Å². The molecule has 110 valence electrons. The summed E-state index contributed by atoms with van der Waals surface area (Å²) >= 11 is 0. The van der Waals surface area contributed by atoms with E-state index in [0.29, 0.717) is 0 Å². The third-order valence-corrected chi connectivity index (χ3v) is 5.08. The number of anilines is 1. The zero-order valence-corrected chi connectivity index (χ0v) is 12.6. The summed E-state index contributed by atoms with van der Waals surface area (Å²) in [6.45, 7) is 3.71. The van der Waals surface area contributed by atoms with E-state index in [9.17, 15) is 0 Å². The van der Waals surface area contributed by atoms with Crippen molar-refractivity contribution >= 4 is 5.69 Å². The molecular formula is C18H28N2. The van der Waals surface area contributed by atoms with Crippen LogP contribution in [-0.2, 0) is 0 Å². The fraction of sp³-hybridized carbons (Fsp3) is 0.667. The molecule has 1 aromatic carbocycles. The summed E-state index contributed by atoms with van der Waals surface area (Å²) in [6, 6.07) is 11.5. The highest BCUT2D eigenvalue weighted by atomic mass is 15.2. The van der Waals surface area contributed by atoms with Gasteiger partial charge in [0, 0.05) is 24.8 Å². The van der Waals surface area contributed by atoms with Crippen LogP contribution in [0.2, 0.25) is 0 Å². The van der Waals surface area contributed by atoms with Gasteiger partial charge in [-0.3, -0.25) is 0 Å². The second kappa shape index (κ2) is 7.12. The minimum atomic E-state index is 0.911. The van der Waals surface area contributed by atoms with E-state index in [1.807, 2.05) is 0 Å². The summed E-state index contributed by atoms with van der Waals surface area (Å²) in [4.78, 5) is 2.79. The predicted octanol–water partition coefficient (Wildman–Crippen LogP) is 4.14. The van der Waals surface area contributed by atoms with Crippen LogP contribution >= 0.6 is 0 Å². The number of likely N-dealkylation sites (tertiary alicyclic amines) is 1. The van der Waals surface area contributed by atoms with E-state index in [0.717, 1.165) is 18.5 Å². The first-order chi connectivity index (χ1) is 9.93. The van der Waals surface area contributed by atoms with Crippen molar-refractivity contribution in [3.8, 4) is 0 Å². The van der Waals surface area contributed by atoms with Crippen LogP contribution in [0.1, 0.15) is 44.9 Å². The highest BCUT2D eigenvalue weighted by Gasteiger charge is 2.32. The summed E-state index contributed by atoms with van der Waals surface area (Å²) in [7, 11) is 0. The molecule has 1 saturated heterocycles. The lowest BCUT2D eigenvalue weighted by atomic mass is 9.78. The third kappa shape index (κ3) is 3.54. The van der Waals surface area contributed by atoms with Crippen LogP contribution in [0.3, 0.4) is 0 Å². The van der Waals surface area contributed by atoms with Gasteiger partial charge >= 0.3 is 0 Å². The number of fused-ring (bicyclic) bond motifs is 1. The quantitative estimate of drug-likeness (QED) is 0.810. The van der Waals surface area contributed by atoms with Crippen LogP contribution in [0, 0.1) is 5.92 Å². The largest absolute Gasteiger partial charge is 0.385 e. The van der Waals surface area contributed by atoms with E-state index >= 15 is 0 Å². The standard InChI is InChI=1S/C18H28N2/c1-2-10-17(11-3-1)19-13-7-15-20-14-6-9-16-8-4-5-12-18(16)20/h1-3,10-11,16,18-19H,4-9,12-15H2. The lowest BCUT2D eigenvalue weighted by molar-refractivity contribution is 0.0608. The van der Waals surface area contributed by atoms with Crippen LogP contribution < -0.4 is 5.32 Å². The zero-order chi connectivity index (χ0) is 13.6. The highest BCUT2D eigenvalue weighted by Crippen LogP contribution is 2.35. The van der Waals surface area contributed by atoms with E-state index in [1.54, 1.807) is 0 Å². The van der Waals surface area contributed by atoms with Crippen molar-refractivity contribution in [2.24, 2.45) is 5.92 Å². The second-order valence-corrected chi connectivity index (χ2v) is 6.44. The number of hydrogen-bond acceptors (Lipinski definition) is 2. The molecule has 0 bridgehead atoms. The maximum atomic E-state index is 3.53. The van der Waals surface area contributed by atoms with Crippen LogP contribution in [0.25, 0.3) is 0 Å². The van der Waals surface area contributed by atoms with Gasteiger partial charge in [0.25, 0.3) is 0 Å². The molecule has 2 atom stereocenters. The molecule has 2 nitrogen and oxygen atoms in total. The molecule has 1 aliphatic heterocycles. The van der Waals surface area contributed by atoms with Gasteiger partial charge in [-0.25, -0.2) is 0 Å². The molecule has 0 aromatic heterocycles. The number of hydrogen-bond donors (Lipinski definition) is 1.